The molecule has 1 aliphatic carbocycles. The van der Waals surface area contributed by atoms with Gasteiger partial charge >= 0.3 is 5.97 Å². The maximum atomic E-state index is 11.7. The molecule has 2 nitrogen and oxygen atoms in total. The smallest absolute Gasteiger partial charge is 0.315 e. The molecule has 0 aliphatic heterocycles. The minimum absolute atomic E-state index is 0.566. The Kier molecular flexibility index (Phi) is 3.55. The average Bonchev–Trinajstić information content (AvgIpc) is 2.48. The number of carboxylic acid groups (broad SMARTS) is 1. The van der Waals surface area contributed by atoms with Crippen LogP contribution in [0.4, 0.5) is 0 Å². The summed E-state index contributed by atoms with van der Waals surface area (Å²) in [7, 11) is 0. The molecule has 0 aromatic heterocycles. The molecule has 3 rings (SSSR count). The molecule has 0 bridgehead atoms. The van der Waals surface area contributed by atoms with Crippen molar-refractivity contribution >= 4 is 5.97 Å². The third kappa shape index (κ3) is 2.46. The van der Waals surface area contributed by atoms with Crippen LogP contribution in [-0.4, -0.2) is 11.1 Å². The molecule has 1 atom stereocenters. The van der Waals surface area contributed by atoms with Gasteiger partial charge in [0.1, 0.15) is 5.92 Å². The van der Waals surface area contributed by atoms with Crippen molar-refractivity contribution in [2.24, 2.45) is 0 Å². The van der Waals surface area contributed by atoms with Crippen LogP contribution in [0.3, 0.4) is 0 Å². The van der Waals surface area contributed by atoms with Crippen molar-refractivity contribution in [1.29, 1.82) is 0 Å². The van der Waals surface area contributed by atoms with Crippen molar-refractivity contribution in [3.8, 4) is 0 Å². The van der Waals surface area contributed by atoms with Gasteiger partial charge in [-0.1, -0.05) is 48.5 Å². The van der Waals surface area contributed by atoms with Gasteiger partial charge in [0, 0.05) is 0 Å². The van der Waals surface area contributed by atoms with Gasteiger partial charge in [0.25, 0.3) is 0 Å². The minimum Gasteiger partial charge on any atom is -0.481 e. The van der Waals surface area contributed by atoms with Gasteiger partial charge in [0.05, 0.1) is 0 Å². The second-order valence-corrected chi connectivity index (χ2v) is 5.42. The Labute approximate surface area is 119 Å². The molecule has 102 valence electrons. The first kappa shape index (κ1) is 12.9. The molecule has 0 radical (unpaired) electrons. The summed E-state index contributed by atoms with van der Waals surface area (Å²) in [5.74, 6) is -1.35. The van der Waals surface area contributed by atoms with E-state index in [1.807, 2.05) is 36.4 Å². The normalized spacial score (nSPS) is 15.4. The zero-order valence-corrected chi connectivity index (χ0v) is 11.4. The van der Waals surface area contributed by atoms with E-state index < -0.39 is 11.9 Å². The molecule has 0 amide bonds. The first-order chi connectivity index (χ1) is 9.75. The van der Waals surface area contributed by atoms with Crippen molar-refractivity contribution < 1.29 is 9.90 Å². The van der Waals surface area contributed by atoms with Gasteiger partial charge in [-0.25, -0.2) is 0 Å². The van der Waals surface area contributed by atoms with E-state index >= 15 is 0 Å². The van der Waals surface area contributed by atoms with Crippen LogP contribution in [0.5, 0.6) is 0 Å². The van der Waals surface area contributed by atoms with E-state index in [4.69, 9.17) is 0 Å². The Hall–Kier alpha value is -2.09. The molecule has 0 saturated heterocycles. The quantitative estimate of drug-likeness (QED) is 0.918. The van der Waals surface area contributed by atoms with Crippen molar-refractivity contribution in [3.05, 3.63) is 70.8 Å². The largest absolute Gasteiger partial charge is 0.481 e. The molecular weight excluding hydrogens is 248 g/mol. The predicted molar refractivity (Wildman–Crippen MR) is 79.0 cm³/mol. The monoisotopic (exact) mass is 266 g/mol. The van der Waals surface area contributed by atoms with E-state index in [1.165, 1.54) is 24.0 Å². The Morgan fingerprint density at radius 2 is 1.60 bits per heavy atom. The molecule has 2 aromatic rings. The van der Waals surface area contributed by atoms with Gasteiger partial charge in [0.15, 0.2) is 0 Å². The number of aryl methyl sites for hydroxylation is 2. The molecule has 0 saturated carbocycles. The molecule has 2 aromatic carbocycles. The molecule has 1 aliphatic rings. The topological polar surface area (TPSA) is 37.3 Å². The van der Waals surface area contributed by atoms with Crippen LogP contribution in [0.2, 0.25) is 0 Å². The summed E-state index contributed by atoms with van der Waals surface area (Å²) in [6.45, 7) is 0. The highest BCUT2D eigenvalue weighted by Gasteiger charge is 2.23. The van der Waals surface area contributed by atoms with Crippen LogP contribution in [0.1, 0.15) is 41.0 Å². The summed E-state index contributed by atoms with van der Waals surface area (Å²) in [6, 6.07) is 15.7. The SMILES string of the molecule is O=C(O)C(c1ccccc1)c1ccc2c(c1)CCCC2. The van der Waals surface area contributed by atoms with E-state index in [0.717, 1.165) is 24.0 Å². The zero-order chi connectivity index (χ0) is 13.9. The number of aliphatic carboxylic acids is 1. The second kappa shape index (κ2) is 5.49. The van der Waals surface area contributed by atoms with Gasteiger partial charge in [-0.15, -0.1) is 0 Å². The summed E-state index contributed by atoms with van der Waals surface area (Å²) in [6.07, 6.45) is 4.65. The number of fused-ring (bicyclic) bond motifs is 1. The van der Waals surface area contributed by atoms with Crippen LogP contribution in [0.15, 0.2) is 48.5 Å². The third-order valence-corrected chi connectivity index (χ3v) is 4.09. The first-order valence-corrected chi connectivity index (χ1v) is 7.15. The summed E-state index contributed by atoms with van der Waals surface area (Å²) in [5.41, 5.74) is 4.45. The molecule has 0 fully saturated rings. The molecule has 20 heavy (non-hydrogen) atoms. The molecule has 1 unspecified atom stereocenters. The Bertz CT molecular complexity index is 617. The molecule has 0 spiro atoms. The van der Waals surface area contributed by atoms with Gasteiger partial charge < -0.3 is 5.11 Å². The average molecular weight is 266 g/mol. The molecule has 2 heteroatoms. The molecular formula is C18H18O2. The lowest BCUT2D eigenvalue weighted by Gasteiger charge is -2.19. The predicted octanol–water partition coefficient (Wildman–Crippen LogP) is 3.78. The van der Waals surface area contributed by atoms with Crippen LogP contribution in [0.25, 0.3) is 0 Å². The molecule has 0 heterocycles. The van der Waals surface area contributed by atoms with Crippen LogP contribution in [-0.2, 0) is 17.6 Å². The lowest BCUT2D eigenvalue weighted by Crippen LogP contribution is -2.14. The standard InChI is InChI=1S/C18H18O2/c19-18(20)17(14-7-2-1-3-8-14)16-11-10-13-6-4-5-9-15(13)12-16/h1-3,7-8,10-12,17H,4-6,9H2,(H,19,20). The molecule has 1 N–H and O–H groups in total. The van der Waals surface area contributed by atoms with Gasteiger partial charge in [0.2, 0.25) is 0 Å². The van der Waals surface area contributed by atoms with E-state index in [2.05, 4.69) is 12.1 Å². The number of hydrogen-bond donors (Lipinski definition) is 1. The van der Waals surface area contributed by atoms with E-state index in [-0.39, 0.29) is 0 Å². The summed E-state index contributed by atoms with van der Waals surface area (Å²) in [5, 5.41) is 9.58. The van der Waals surface area contributed by atoms with Crippen LogP contribution in [0, 0.1) is 0 Å². The Morgan fingerprint density at radius 3 is 2.30 bits per heavy atom. The van der Waals surface area contributed by atoms with Gasteiger partial charge in [-0.2, -0.15) is 0 Å². The lowest BCUT2D eigenvalue weighted by molar-refractivity contribution is -0.137. The fraction of sp³-hybridized carbons (Fsp3) is 0.278. The summed E-state index contributed by atoms with van der Waals surface area (Å²) < 4.78 is 0. The second-order valence-electron chi connectivity index (χ2n) is 5.42. The highest BCUT2D eigenvalue weighted by Crippen LogP contribution is 2.29. The highest BCUT2D eigenvalue weighted by atomic mass is 16.4. The zero-order valence-electron chi connectivity index (χ0n) is 11.4. The number of hydrogen-bond acceptors (Lipinski definition) is 1. The van der Waals surface area contributed by atoms with Crippen molar-refractivity contribution in [3.63, 3.8) is 0 Å². The van der Waals surface area contributed by atoms with Crippen LogP contribution < -0.4 is 0 Å². The lowest BCUT2D eigenvalue weighted by atomic mass is 9.85. The number of rotatable bonds is 3. The van der Waals surface area contributed by atoms with E-state index in [0.29, 0.717) is 0 Å². The number of carboxylic acids is 1. The fourth-order valence-corrected chi connectivity index (χ4v) is 3.06. The number of carbonyl (C=O) groups is 1. The van der Waals surface area contributed by atoms with E-state index in [1.54, 1.807) is 0 Å². The van der Waals surface area contributed by atoms with E-state index in [9.17, 15) is 9.90 Å². The van der Waals surface area contributed by atoms with Gasteiger partial charge in [-0.3, -0.25) is 4.79 Å². The summed E-state index contributed by atoms with van der Waals surface area (Å²) in [4.78, 5) is 11.7. The van der Waals surface area contributed by atoms with Crippen molar-refractivity contribution in [2.75, 3.05) is 0 Å². The fourth-order valence-electron chi connectivity index (χ4n) is 3.06. The Morgan fingerprint density at radius 1 is 0.900 bits per heavy atom. The van der Waals surface area contributed by atoms with Crippen LogP contribution >= 0.6 is 0 Å². The number of benzene rings is 2. The van der Waals surface area contributed by atoms with Crippen molar-refractivity contribution in [2.45, 2.75) is 31.6 Å². The first-order valence-electron chi connectivity index (χ1n) is 7.15. The Balaban J connectivity index is 2.02. The maximum absolute atomic E-state index is 11.7. The highest BCUT2D eigenvalue weighted by molar-refractivity contribution is 5.80. The van der Waals surface area contributed by atoms with Gasteiger partial charge in [-0.05, 0) is 47.9 Å². The summed E-state index contributed by atoms with van der Waals surface area (Å²) >= 11 is 0. The van der Waals surface area contributed by atoms with Crippen molar-refractivity contribution in [1.82, 2.24) is 0 Å². The minimum atomic E-state index is -0.785. The third-order valence-electron chi connectivity index (χ3n) is 4.09. The maximum Gasteiger partial charge on any atom is 0.315 e.